The molecule has 0 bridgehead atoms. The van der Waals surface area contributed by atoms with Crippen LogP contribution in [0.4, 0.5) is 5.69 Å². The van der Waals surface area contributed by atoms with Crippen LogP contribution in [0.5, 0.6) is 11.5 Å². The van der Waals surface area contributed by atoms with Gasteiger partial charge in [-0.25, -0.2) is 9.67 Å². The van der Waals surface area contributed by atoms with Crippen molar-refractivity contribution in [2.45, 2.75) is 19.1 Å². The Labute approximate surface area is 154 Å². The molecule has 2 atom stereocenters. The average molecular weight is 371 g/mol. The van der Waals surface area contributed by atoms with Crippen molar-refractivity contribution in [3.05, 3.63) is 60.1 Å². The molecular weight excluding hydrogens is 356 g/mol. The molecule has 0 aliphatic carbocycles. The number of amides is 1. The Kier molecular flexibility index (Phi) is 4.22. The summed E-state index contributed by atoms with van der Waals surface area (Å²) in [5, 5.41) is 7.38. The Morgan fingerprint density at radius 3 is 2.65 bits per heavy atom. The average Bonchev–Trinajstić information content (AvgIpc) is 3.15. The van der Waals surface area contributed by atoms with E-state index in [-0.39, 0.29) is 5.91 Å². The third kappa shape index (κ3) is 2.97. The van der Waals surface area contributed by atoms with Crippen LogP contribution in [-0.2, 0) is 4.79 Å². The molecular formula is C18H15ClN4O3. The highest BCUT2D eigenvalue weighted by molar-refractivity contribution is 6.33. The molecule has 26 heavy (non-hydrogen) atoms. The summed E-state index contributed by atoms with van der Waals surface area (Å²) in [6.07, 6.45) is 1.66. The molecule has 132 valence electrons. The van der Waals surface area contributed by atoms with E-state index in [0.717, 1.165) is 0 Å². The van der Waals surface area contributed by atoms with Gasteiger partial charge < -0.3 is 14.8 Å². The lowest BCUT2D eigenvalue weighted by molar-refractivity contribution is -0.128. The van der Waals surface area contributed by atoms with Gasteiger partial charge in [0, 0.05) is 0 Å². The maximum Gasteiger partial charge on any atom is 0.269 e. The Morgan fingerprint density at radius 2 is 1.92 bits per heavy atom. The second-order valence-electron chi connectivity index (χ2n) is 5.77. The van der Waals surface area contributed by atoms with Gasteiger partial charge in [0.1, 0.15) is 24.4 Å². The van der Waals surface area contributed by atoms with Gasteiger partial charge in [0.2, 0.25) is 6.10 Å². The molecule has 1 aromatic heterocycles. The number of fused-ring (bicyclic) bond motifs is 1. The van der Waals surface area contributed by atoms with Gasteiger partial charge in [-0.05, 0) is 31.2 Å². The van der Waals surface area contributed by atoms with E-state index in [1.807, 2.05) is 12.1 Å². The van der Waals surface area contributed by atoms with Crippen LogP contribution >= 0.6 is 11.6 Å². The lowest BCUT2D eigenvalue weighted by Gasteiger charge is -2.31. The monoisotopic (exact) mass is 370 g/mol. The van der Waals surface area contributed by atoms with Crippen molar-refractivity contribution in [2.75, 3.05) is 5.32 Å². The number of nitrogens with one attached hydrogen (secondary N) is 1. The first-order valence-electron chi connectivity index (χ1n) is 8.00. The fourth-order valence-corrected chi connectivity index (χ4v) is 3.04. The van der Waals surface area contributed by atoms with Crippen LogP contribution < -0.4 is 14.8 Å². The van der Waals surface area contributed by atoms with E-state index in [2.05, 4.69) is 15.4 Å². The largest absolute Gasteiger partial charge is 0.482 e. The molecule has 2 heterocycles. The number of aromatic nitrogens is 3. The Balaban J connectivity index is 1.61. The number of halogens is 1. The van der Waals surface area contributed by atoms with Crippen LogP contribution in [0.1, 0.15) is 6.92 Å². The predicted molar refractivity (Wildman–Crippen MR) is 95.9 cm³/mol. The second kappa shape index (κ2) is 6.68. The molecule has 1 N–H and O–H groups in total. The molecule has 2 unspecified atom stereocenters. The smallest absolute Gasteiger partial charge is 0.269 e. The predicted octanol–water partition coefficient (Wildman–Crippen LogP) is 3.09. The minimum atomic E-state index is -0.799. The van der Waals surface area contributed by atoms with E-state index in [9.17, 15) is 4.79 Å². The van der Waals surface area contributed by atoms with E-state index in [1.54, 1.807) is 37.3 Å². The zero-order valence-corrected chi connectivity index (χ0v) is 14.6. The number of para-hydroxylation sites is 3. The lowest BCUT2D eigenvalue weighted by atomic mass is 10.1. The third-order valence-corrected chi connectivity index (χ3v) is 4.30. The summed E-state index contributed by atoms with van der Waals surface area (Å²) in [4.78, 5) is 16.7. The number of ether oxygens (including phenoxy) is 2. The molecule has 8 heteroatoms. The molecule has 3 aromatic rings. The summed E-state index contributed by atoms with van der Waals surface area (Å²) in [6.45, 7) is 1.79. The Bertz CT molecular complexity index is 945. The van der Waals surface area contributed by atoms with E-state index in [0.29, 0.717) is 27.9 Å². The molecule has 0 saturated carbocycles. The number of anilines is 1. The molecule has 4 rings (SSSR count). The van der Waals surface area contributed by atoms with Gasteiger partial charge in [0.15, 0.2) is 11.5 Å². The molecule has 0 saturated heterocycles. The van der Waals surface area contributed by atoms with Gasteiger partial charge in [-0.1, -0.05) is 29.8 Å². The quantitative estimate of drug-likeness (QED) is 0.766. The first-order chi connectivity index (χ1) is 12.6. The summed E-state index contributed by atoms with van der Waals surface area (Å²) in [6, 6.07) is 12.5. The highest BCUT2D eigenvalue weighted by Crippen LogP contribution is 2.34. The molecule has 1 aliphatic rings. The van der Waals surface area contributed by atoms with Crippen LogP contribution in [0.2, 0.25) is 5.02 Å². The number of hydrogen-bond donors (Lipinski definition) is 1. The van der Waals surface area contributed by atoms with E-state index in [1.165, 1.54) is 17.3 Å². The first kappa shape index (κ1) is 16.4. The summed E-state index contributed by atoms with van der Waals surface area (Å²) in [5.74, 6) is 0.819. The molecule has 1 aliphatic heterocycles. The van der Waals surface area contributed by atoms with Crippen molar-refractivity contribution < 1.29 is 14.3 Å². The van der Waals surface area contributed by atoms with Crippen molar-refractivity contribution in [1.82, 2.24) is 14.8 Å². The number of benzene rings is 2. The summed E-state index contributed by atoms with van der Waals surface area (Å²) >= 11 is 6.29. The topological polar surface area (TPSA) is 78.3 Å². The lowest BCUT2D eigenvalue weighted by Crippen LogP contribution is -2.46. The zero-order valence-electron chi connectivity index (χ0n) is 13.8. The minimum Gasteiger partial charge on any atom is -0.482 e. The van der Waals surface area contributed by atoms with Crippen LogP contribution in [0.3, 0.4) is 0 Å². The van der Waals surface area contributed by atoms with Crippen molar-refractivity contribution in [1.29, 1.82) is 0 Å². The molecule has 7 nitrogen and oxygen atoms in total. The van der Waals surface area contributed by atoms with Gasteiger partial charge in [-0.3, -0.25) is 4.79 Å². The van der Waals surface area contributed by atoms with Crippen LogP contribution in [-0.4, -0.2) is 32.9 Å². The number of hydrogen-bond acceptors (Lipinski definition) is 5. The zero-order chi connectivity index (χ0) is 18.1. The van der Waals surface area contributed by atoms with E-state index >= 15 is 0 Å². The first-order valence-corrected chi connectivity index (χ1v) is 8.38. The van der Waals surface area contributed by atoms with Crippen LogP contribution in [0.15, 0.2) is 55.1 Å². The minimum absolute atomic E-state index is 0.337. The van der Waals surface area contributed by atoms with Gasteiger partial charge in [-0.15, -0.1) is 0 Å². The number of nitrogens with zero attached hydrogens (tertiary/aromatic N) is 3. The van der Waals surface area contributed by atoms with E-state index in [4.69, 9.17) is 21.1 Å². The van der Waals surface area contributed by atoms with Crippen molar-refractivity contribution in [3.8, 4) is 17.2 Å². The van der Waals surface area contributed by atoms with Crippen molar-refractivity contribution >= 4 is 23.2 Å². The highest BCUT2D eigenvalue weighted by atomic mass is 35.5. The maximum absolute atomic E-state index is 12.8. The van der Waals surface area contributed by atoms with Gasteiger partial charge >= 0.3 is 0 Å². The SMILES string of the molecule is CC1Oc2ccccc2OC1C(=O)Nc1cccc(Cl)c1-n1cncn1. The summed E-state index contributed by atoms with van der Waals surface area (Å²) in [5.41, 5.74) is 1.03. The normalized spacial score (nSPS) is 18.4. The fourth-order valence-electron chi connectivity index (χ4n) is 2.78. The standard InChI is InChI=1S/C18H15ClN4O3/c1-11-17(26-15-8-3-2-7-14(15)25-11)18(24)22-13-6-4-5-12(19)16(13)23-10-20-9-21-23/h2-11,17H,1H3,(H,22,24). The molecule has 0 spiro atoms. The van der Waals surface area contributed by atoms with Crippen molar-refractivity contribution in [3.63, 3.8) is 0 Å². The number of carbonyl (C=O) groups excluding carboxylic acids is 1. The molecule has 1 amide bonds. The van der Waals surface area contributed by atoms with Gasteiger partial charge in [-0.2, -0.15) is 5.10 Å². The van der Waals surface area contributed by atoms with E-state index < -0.39 is 12.2 Å². The maximum atomic E-state index is 12.8. The number of rotatable bonds is 3. The van der Waals surface area contributed by atoms with Crippen LogP contribution in [0.25, 0.3) is 5.69 Å². The second-order valence-corrected chi connectivity index (χ2v) is 6.18. The highest BCUT2D eigenvalue weighted by Gasteiger charge is 2.34. The molecule has 0 radical (unpaired) electrons. The summed E-state index contributed by atoms with van der Waals surface area (Å²) < 4.78 is 13.1. The van der Waals surface area contributed by atoms with Gasteiger partial charge in [0.05, 0.1) is 10.7 Å². The fraction of sp³-hybridized carbons (Fsp3) is 0.167. The molecule has 0 fully saturated rings. The summed E-state index contributed by atoms with van der Waals surface area (Å²) in [7, 11) is 0. The van der Waals surface area contributed by atoms with Crippen LogP contribution in [0, 0.1) is 0 Å². The third-order valence-electron chi connectivity index (χ3n) is 3.99. The number of carbonyl (C=O) groups is 1. The molecule has 2 aromatic carbocycles. The van der Waals surface area contributed by atoms with Crippen molar-refractivity contribution in [2.24, 2.45) is 0 Å². The Hall–Kier alpha value is -3.06. The van der Waals surface area contributed by atoms with Gasteiger partial charge in [0.25, 0.3) is 5.91 Å². The Morgan fingerprint density at radius 1 is 1.15 bits per heavy atom.